The van der Waals surface area contributed by atoms with E-state index in [1.165, 1.54) is 25.7 Å². The van der Waals surface area contributed by atoms with Gasteiger partial charge >= 0.3 is 0 Å². The molecule has 0 aromatic rings. The van der Waals surface area contributed by atoms with Gasteiger partial charge in [0.25, 0.3) is 0 Å². The van der Waals surface area contributed by atoms with Crippen LogP contribution in [0.1, 0.15) is 46.5 Å². The average molecular weight is 140 g/mol. The Morgan fingerprint density at radius 3 is 2.20 bits per heavy atom. The van der Waals surface area contributed by atoms with Crippen molar-refractivity contribution in [1.82, 2.24) is 0 Å². The van der Waals surface area contributed by atoms with Gasteiger partial charge in [0.2, 0.25) is 0 Å². The van der Waals surface area contributed by atoms with Crippen molar-refractivity contribution < 1.29 is 0 Å². The molecule has 0 bridgehead atoms. The molecule has 0 heteroatoms. The summed E-state index contributed by atoms with van der Waals surface area (Å²) in [5, 5.41) is 0. The fourth-order valence-electron chi connectivity index (χ4n) is 1.20. The standard InChI is InChI=1S/C10H20/c1-4-7-8-9-10(5-2)6-3/h4,7,10H,5-6,8-9H2,1-3H3/b7-4+. The van der Waals surface area contributed by atoms with Gasteiger partial charge in [-0.2, -0.15) is 0 Å². The van der Waals surface area contributed by atoms with Crippen LogP contribution in [0.4, 0.5) is 0 Å². The molecule has 0 unspecified atom stereocenters. The zero-order valence-electron chi connectivity index (χ0n) is 7.56. The summed E-state index contributed by atoms with van der Waals surface area (Å²) in [6.45, 7) is 6.65. The second-order valence-electron chi connectivity index (χ2n) is 2.83. The summed E-state index contributed by atoms with van der Waals surface area (Å²) in [5.41, 5.74) is 0. The molecule has 0 aliphatic rings. The normalized spacial score (nSPS) is 11.6. The van der Waals surface area contributed by atoms with Gasteiger partial charge in [0.1, 0.15) is 0 Å². The van der Waals surface area contributed by atoms with E-state index >= 15 is 0 Å². The van der Waals surface area contributed by atoms with Crippen molar-refractivity contribution in [3.63, 3.8) is 0 Å². The third-order valence-corrected chi connectivity index (χ3v) is 2.13. The van der Waals surface area contributed by atoms with Crippen molar-refractivity contribution in [3.05, 3.63) is 12.2 Å². The van der Waals surface area contributed by atoms with Gasteiger partial charge < -0.3 is 0 Å². The molecule has 60 valence electrons. The van der Waals surface area contributed by atoms with Crippen molar-refractivity contribution in [2.24, 2.45) is 5.92 Å². The molecule has 0 saturated carbocycles. The highest BCUT2D eigenvalue weighted by Crippen LogP contribution is 2.14. The lowest BCUT2D eigenvalue weighted by molar-refractivity contribution is 0.460. The van der Waals surface area contributed by atoms with E-state index < -0.39 is 0 Å². The summed E-state index contributed by atoms with van der Waals surface area (Å²) in [6.07, 6.45) is 9.73. The zero-order valence-corrected chi connectivity index (χ0v) is 7.56. The Kier molecular flexibility index (Phi) is 6.68. The Labute approximate surface area is 65.3 Å². The summed E-state index contributed by atoms with van der Waals surface area (Å²) >= 11 is 0. The molecule has 0 fully saturated rings. The summed E-state index contributed by atoms with van der Waals surface area (Å²) in [6, 6.07) is 0. The number of allylic oxidation sites excluding steroid dienone is 2. The molecule has 0 atom stereocenters. The van der Waals surface area contributed by atoms with E-state index in [0.29, 0.717) is 0 Å². The first-order chi connectivity index (χ1) is 4.85. The van der Waals surface area contributed by atoms with Gasteiger partial charge in [-0.3, -0.25) is 0 Å². The molecule has 0 aliphatic carbocycles. The lowest BCUT2D eigenvalue weighted by atomic mass is 9.98. The van der Waals surface area contributed by atoms with Gasteiger partial charge in [0, 0.05) is 0 Å². The highest BCUT2D eigenvalue weighted by molar-refractivity contribution is 4.77. The van der Waals surface area contributed by atoms with Crippen LogP contribution in [0, 0.1) is 5.92 Å². The van der Waals surface area contributed by atoms with E-state index in [0.717, 1.165) is 5.92 Å². The van der Waals surface area contributed by atoms with Crippen LogP contribution in [0.25, 0.3) is 0 Å². The highest BCUT2D eigenvalue weighted by atomic mass is 14.1. The molecule has 0 N–H and O–H groups in total. The first-order valence-electron chi connectivity index (χ1n) is 4.46. The second kappa shape index (κ2) is 6.85. The molecule has 0 rings (SSSR count). The van der Waals surface area contributed by atoms with Crippen LogP contribution < -0.4 is 0 Å². The molecule has 0 saturated heterocycles. The molecule has 0 radical (unpaired) electrons. The topological polar surface area (TPSA) is 0 Å². The van der Waals surface area contributed by atoms with E-state index in [1.54, 1.807) is 0 Å². The molecule has 0 aromatic carbocycles. The van der Waals surface area contributed by atoms with Gasteiger partial charge in [-0.25, -0.2) is 0 Å². The molecule has 0 heterocycles. The smallest absolute Gasteiger partial charge is 0.0348 e. The Morgan fingerprint density at radius 1 is 1.20 bits per heavy atom. The SMILES string of the molecule is C/C=C/CCC(CC)CC. The van der Waals surface area contributed by atoms with E-state index in [-0.39, 0.29) is 0 Å². The molecule has 10 heavy (non-hydrogen) atoms. The lowest BCUT2D eigenvalue weighted by Gasteiger charge is -2.08. The number of hydrogen-bond acceptors (Lipinski definition) is 0. The summed E-state index contributed by atoms with van der Waals surface area (Å²) in [4.78, 5) is 0. The van der Waals surface area contributed by atoms with E-state index in [1.807, 2.05) is 0 Å². The van der Waals surface area contributed by atoms with E-state index in [4.69, 9.17) is 0 Å². The van der Waals surface area contributed by atoms with Crippen LogP contribution in [0.2, 0.25) is 0 Å². The fraction of sp³-hybridized carbons (Fsp3) is 0.800. The molecule has 0 amide bonds. The summed E-state index contributed by atoms with van der Waals surface area (Å²) in [5.74, 6) is 0.955. The fourth-order valence-corrected chi connectivity index (χ4v) is 1.20. The predicted molar refractivity (Wildman–Crippen MR) is 48.1 cm³/mol. The number of hydrogen-bond donors (Lipinski definition) is 0. The molecule has 0 aliphatic heterocycles. The maximum Gasteiger partial charge on any atom is -0.0348 e. The third kappa shape index (κ3) is 4.60. The first-order valence-corrected chi connectivity index (χ1v) is 4.46. The van der Waals surface area contributed by atoms with E-state index in [2.05, 4.69) is 32.9 Å². The molecule has 0 spiro atoms. The van der Waals surface area contributed by atoms with Gasteiger partial charge in [-0.15, -0.1) is 0 Å². The quantitative estimate of drug-likeness (QED) is 0.510. The Balaban J connectivity index is 3.25. The van der Waals surface area contributed by atoms with Crippen LogP contribution in [0.5, 0.6) is 0 Å². The van der Waals surface area contributed by atoms with Crippen LogP contribution in [-0.2, 0) is 0 Å². The van der Waals surface area contributed by atoms with Gasteiger partial charge in [-0.1, -0.05) is 38.8 Å². The molecule has 0 aromatic heterocycles. The van der Waals surface area contributed by atoms with Crippen molar-refractivity contribution in [2.45, 2.75) is 46.5 Å². The summed E-state index contributed by atoms with van der Waals surface area (Å²) in [7, 11) is 0. The molecule has 0 nitrogen and oxygen atoms in total. The average Bonchev–Trinajstić information content (AvgIpc) is 1.99. The minimum atomic E-state index is 0.955. The summed E-state index contributed by atoms with van der Waals surface area (Å²) < 4.78 is 0. The van der Waals surface area contributed by atoms with Gasteiger partial charge in [0.15, 0.2) is 0 Å². The Bertz CT molecular complexity index is 78.0. The predicted octanol–water partition coefficient (Wildman–Crippen LogP) is 3.78. The van der Waals surface area contributed by atoms with Crippen LogP contribution in [0.15, 0.2) is 12.2 Å². The van der Waals surface area contributed by atoms with E-state index in [9.17, 15) is 0 Å². The monoisotopic (exact) mass is 140 g/mol. The van der Waals surface area contributed by atoms with Crippen molar-refractivity contribution in [2.75, 3.05) is 0 Å². The largest absolute Gasteiger partial charge is 0.0917 e. The maximum atomic E-state index is 2.28. The molecular formula is C10H20. The molecular weight excluding hydrogens is 120 g/mol. The zero-order chi connectivity index (χ0) is 7.82. The van der Waals surface area contributed by atoms with Gasteiger partial charge in [0.05, 0.1) is 0 Å². The van der Waals surface area contributed by atoms with Crippen molar-refractivity contribution >= 4 is 0 Å². The maximum absolute atomic E-state index is 2.28. The van der Waals surface area contributed by atoms with Crippen LogP contribution in [0.3, 0.4) is 0 Å². The lowest BCUT2D eigenvalue weighted by Crippen LogP contribution is -1.94. The van der Waals surface area contributed by atoms with Crippen molar-refractivity contribution in [1.29, 1.82) is 0 Å². The minimum Gasteiger partial charge on any atom is -0.0917 e. The van der Waals surface area contributed by atoms with Crippen LogP contribution in [-0.4, -0.2) is 0 Å². The second-order valence-corrected chi connectivity index (χ2v) is 2.83. The minimum absolute atomic E-state index is 0.955. The Hall–Kier alpha value is -0.260. The van der Waals surface area contributed by atoms with Crippen LogP contribution >= 0.6 is 0 Å². The first kappa shape index (κ1) is 9.74. The number of rotatable bonds is 5. The Morgan fingerprint density at radius 2 is 1.80 bits per heavy atom. The van der Waals surface area contributed by atoms with Crippen molar-refractivity contribution in [3.8, 4) is 0 Å². The highest BCUT2D eigenvalue weighted by Gasteiger charge is 1.99. The van der Waals surface area contributed by atoms with Gasteiger partial charge in [-0.05, 0) is 25.7 Å². The third-order valence-electron chi connectivity index (χ3n) is 2.13.